The topological polar surface area (TPSA) is 126 Å². The Hall–Kier alpha value is -5.50. The Balaban J connectivity index is 1.21. The van der Waals surface area contributed by atoms with Gasteiger partial charge >= 0.3 is 5.76 Å². The number of anilines is 1. The summed E-state index contributed by atoms with van der Waals surface area (Å²) in [6, 6.07) is 13.4. The van der Waals surface area contributed by atoms with Gasteiger partial charge in [0.05, 0.1) is 40.4 Å². The van der Waals surface area contributed by atoms with Crippen molar-refractivity contribution in [1.82, 2.24) is 25.1 Å². The molecule has 0 spiro atoms. The van der Waals surface area contributed by atoms with Crippen molar-refractivity contribution in [3.8, 4) is 27.6 Å². The molecule has 258 valence electrons. The van der Waals surface area contributed by atoms with Gasteiger partial charge in [0.2, 0.25) is 0 Å². The van der Waals surface area contributed by atoms with Gasteiger partial charge in [0.25, 0.3) is 17.7 Å². The standard InChI is InChI=1S/C37H29F3N6O4S/c1-49-25-6-2-4-21-22(25)17-37(39,40)32(21)43-33-31-19(13-14-41-33)16-26(51-31)28-27(34-44-45-36(48)50-34)23(12-9-18-7-10-20(38)11-8-18)42-30-24-5-3-15-46(24)35(47)29(28)30/h2,4,6-8,10-11,13-14,16,24,32H,3,5,9,12,15,17H2,1H3,(H,41,43)(H,45,48)/t24?,32-/m0/s1. The van der Waals surface area contributed by atoms with Crippen molar-refractivity contribution in [2.45, 2.75) is 50.1 Å². The number of pyridine rings is 2. The van der Waals surface area contributed by atoms with Crippen LogP contribution in [0.2, 0.25) is 0 Å². The van der Waals surface area contributed by atoms with E-state index in [0.717, 1.165) is 23.8 Å². The minimum absolute atomic E-state index is 0.0238. The number of H-pyrrole nitrogens is 1. The highest BCUT2D eigenvalue weighted by atomic mass is 32.1. The molecule has 3 aliphatic rings. The first kappa shape index (κ1) is 31.5. The summed E-state index contributed by atoms with van der Waals surface area (Å²) in [5, 5.41) is 10.3. The molecule has 51 heavy (non-hydrogen) atoms. The van der Waals surface area contributed by atoms with E-state index >= 15 is 8.78 Å². The lowest BCUT2D eigenvalue weighted by atomic mass is 9.93. The maximum Gasteiger partial charge on any atom is 0.434 e. The van der Waals surface area contributed by atoms with Crippen molar-refractivity contribution < 1.29 is 27.1 Å². The van der Waals surface area contributed by atoms with Crippen LogP contribution in [0.15, 0.2) is 70.0 Å². The molecule has 1 amide bonds. The molecule has 2 aliphatic heterocycles. The van der Waals surface area contributed by atoms with Crippen LogP contribution >= 0.6 is 11.3 Å². The molecule has 0 radical (unpaired) electrons. The number of aryl methyl sites for hydroxylation is 2. The van der Waals surface area contributed by atoms with Gasteiger partial charge in [-0.2, -0.15) is 0 Å². The van der Waals surface area contributed by atoms with E-state index < -0.39 is 24.1 Å². The van der Waals surface area contributed by atoms with Gasteiger partial charge in [-0.1, -0.05) is 24.3 Å². The van der Waals surface area contributed by atoms with Crippen molar-refractivity contribution in [3.05, 3.63) is 111 Å². The fourth-order valence-electron chi connectivity index (χ4n) is 7.77. The number of thiophene rings is 1. The molecule has 1 unspecified atom stereocenters. The van der Waals surface area contributed by atoms with E-state index in [4.69, 9.17) is 14.1 Å². The second-order valence-corrected chi connectivity index (χ2v) is 14.1. The molecule has 0 bridgehead atoms. The number of hydrogen-bond donors (Lipinski definition) is 2. The number of aromatic amines is 1. The fraction of sp³-hybridized carbons (Fsp3) is 0.270. The van der Waals surface area contributed by atoms with Crippen LogP contribution in [0.4, 0.5) is 19.0 Å². The van der Waals surface area contributed by atoms with Gasteiger partial charge in [0.1, 0.15) is 23.4 Å². The van der Waals surface area contributed by atoms with Crippen LogP contribution < -0.4 is 15.8 Å². The van der Waals surface area contributed by atoms with Crippen LogP contribution in [0.1, 0.15) is 63.4 Å². The Bertz CT molecular complexity index is 2420. The number of aromatic nitrogens is 4. The van der Waals surface area contributed by atoms with Crippen LogP contribution in [0, 0.1) is 5.82 Å². The van der Waals surface area contributed by atoms with Crippen LogP contribution in [0.3, 0.4) is 0 Å². The molecule has 6 heterocycles. The predicted octanol–water partition coefficient (Wildman–Crippen LogP) is 7.27. The Morgan fingerprint density at radius 2 is 1.94 bits per heavy atom. The number of amides is 1. The Labute approximate surface area is 292 Å². The molecule has 1 aliphatic carbocycles. The van der Waals surface area contributed by atoms with Gasteiger partial charge in [-0.25, -0.2) is 28.0 Å². The van der Waals surface area contributed by atoms with Gasteiger partial charge in [-0.3, -0.25) is 9.78 Å². The lowest BCUT2D eigenvalue weighted by Gasteiger charge is -2.22. The number of methoxy groups -OCH3 is 1. The summed E-state index contributed by atoms with van der Waals surface area (Å²) in [4.78, 5) is 38.5. The molecular weight excluding hydrogens is 682 g/mol. The van der Waals surface area contributed by atoms with Crippen LogP contribution in [0.25, 0.3) is 32.0 Å². The first-order chi connectivity index (χ1) is 24.7. The zero-order chi connectivity index (χ0) is 35.0. The Morgan fingerprint density at radius 1 is 1.10 bits per heavy atom. The number of halogens is 3. The maximum absolute atomic E-state index is 15.6. The van der Waals surface area contributed by atoms with Crippen LogP contribution in [-0.2, 0) is 19.3 Å². The van der Waals surface area contributed by atoms with Crippen molar-refractivity contribution in [1.29, 1.82) is 0 Å². The van der Waals surface area contributed by atoms with Crippen LogP contribution in [0.5, 0.6) is 5.75 Å². The van der Waals surface area contributed by atoms with E-state index in [2.05, 4.69) is 20.5 Å². The zero-order valence-electron chi connectivity index (χ0n) is 27.1. The van der Waals surface area contributed by atoms with Gasteiger partial charge in [-0.15, -0.1) is 16.4 Å². The first-order valence-electron chi connectivity index (χ1n) is 16.6. The molecule has 0 saturated carbocycles. The number of fused-ring (bicyclic) bond motifs is 5. The number of rotatable bonds is 8. The lowest BCUT2D eigenvalue weighted by Crippen LogP contribution is -2.28. The van der Waals surface area contributed by atoms with E-state index in [1.807, 2.05) is 11.0 Å². The summed E-state index contributed by atoms with van der Waals surface area (Å²) in [5.41, 5.74) is 4.28. The van der Waals surface area contributed by atoms with Gasteiger partial charge in [0.15, 0.2) is 0 Å². The number of alkyl halides is 2. The number of nitrogens with one attached hydrogen (secondary N) is 2. The smallest absolute Gasteiger partial charge is 0.434 e. The van der Waals surface area contributed by atoms with Crippen molar-refractivity contribution in [2.75, 3.05) is 19.0 Å². The van der Waals surface area contributed by atoms with Crippen molar-refractivity contribution >= 4 is 33.1 Å². The zero-order valence-corrected chi connectivity index (χ0v) is 28.0. The van der Waals surface area contributed by atoms with Crippen molar-refractivity contribution in [3.63, 3.8) is 0 Å². The van der Waals surface area contributed by atoms with E-state index in [0.29, 0.717) is 73.9 Å². The fourth-order valence-corrected chi connectivity index (χ4v) is 8.93. The Morgan fingerprint density at radius 3 is 2.73 bits per heavy atom. The summed E-state index contributed by atoms with van der Waals surface area (Å²) in [7, 11) is 1.46. The quantitative estimate of drug-likeness (QED) is 0.169. The van der Waals surface area contributed by atoms with Gasteiger partial charge in [0, 0.05) is 35.2 Å². The maximum atomic E-state index is 15.6. The highest BCUT2D eigenvalue weighted by molar-refractivity contribution is 7.23. The SMILES string of the molecule is COc1cccc2c1CC(F)(F)[C@H]2Nc1nccc2cc(-c3c4c(nc(CCc5ccc(F)cc5)c3-c3n[nH]c(=O)o3)C3CCCN3C4=O)sc12. The van der Waals surface area contributed by atoms with Crippen LogP contribution in [-0.4, -0.2) is 50.5 Å². The second kappa shape index (κ2) is 11.8. The van der Waals surface area contributed by atoms with E-state index in [9.17, 15) is 14.0 Å². The summed E-state index contributed by atoms with van der Waals surface area (Å²) in [6.07, 6.45) is 3.54. The Kier molecular flexibility index (Phi) is 7.28. The number of nitrogens with zero attached hydrogens (tertiary/aromatic N) is 4. The molecule has 2 atom stereocenters. The molecule has 14 heteroatoms. The number of ether oxygens (including phenoxy) is 1. The normalized spacial score (nSPS) is 18.7. The number of benzene rings is 2. The molecule has 4 aromatic heterocycles. The average Bonchev–Trinajstić information content (AvgIpc) is 3.95. The summed E-state index contributed by atoms with van der Waals surface area (Å²) in [5.74, 6) is -3.75. The molecule has 2 N–H and O–H groups in total. The highest BCUT2D eigenvalue weighted by Crippen LogP contribution is 2.52. The molecule has 1 fully saturated rings. The summed E-state index contributed by atoms with van der Waals surface area (Å²) >= 11 is 1.29. The third-order valence-corrected chi connectivity index (χ3v) is 11.2. The molecular formula is C37H29F3N6O4S. The average molecular weight is 711 g/mol. The minimum atomic E-state index is -3.12. The minimum Gasteiger partial charge on any atom is -0.496 e. The molecule has 6 aromatic rings. The van der Waals surface area contributed by atoms with E-state index in [-0.39, 0.29) is 29.5 Å². The van der Waals surface area contributed by atoms with Gasteiger partial charge < -0.3 is 19.4 Å². The molecule has 2 aromatic carbocycles. The third-order valence-electron chi connectivity index (χ3n) is 10.1. The summed E-state index contributed by atoms with van der Waals surface area (Å²) in [6.45, 7) is 0.587. The lowest BCUT2D eigenvalue weighted by molar-refractivity contribution is -0.00734. The predicted molar refractivity (Wildman–Crippen MR) is 184 cm³/mol. The molecule has 10 nitrogen and oxygen atoms in total. The van der Waals surface area contributed by atoms with E-state index in [1.165, 1.54) is 30.6 Å². The largest absolute Gasteiger partial charge is 0.496 e. The first-order valence-corrected chi connectivity index (χ1v) is 17.4. The van der Waals surface area contributed by atoms with Crippen molar-refractivity contribution in [2.24, 2.45) is 0 Å². The molecule has 1 saturated heterocycles. The second-order valence-electron chi connectivity index (χ2n) is 13.0. The van der Waals surface area contributed by atoms with E-state index in [1.54, 1.807) is 42.6 Å². The molecule has 9 rings (SSSR count). The summed E-state index contributed by atoms with van der Waals surface area (Å²) < 4.78 is 56.5. The number of hydrogen-bond acceptors (Lipinski definition) is 9. The monoisotopic (exact) mass is 710 g/mol. The number of carbonyl (C=O) groups excluding carboxylic acids is 1. The third kappa shape index (κ3) is 5.10. The highest BCUT2D eigenvalue weighted by Gasteiger charge is 2.49. The van der Waals surface area contributed by atoms with Gasteiger partial charge in [-0.05, 0) is 72.5 Å². The number of carbonyl (C=O) groups is 1.